The summed E-state index contributed by atoms with van der Waals surface area (Å²) in [5, 5.41) is 0. The summed E-state index contributed by atoms with van der Waals surface area (Å²) >= 11 is 0. The number of rotatable bonds is 5. The van der Waals surface area contributed by atoms with E-state index in [2.05, 4.69) is 36.9 Å². The van der Waals surface area contributed by atoms with Crippen LogP contribution in [0.3, 0.4) is 0 Å². The SMILES string of the molecule is Cc1cccc(C)c1C(CN)N(C)Cc1cccc(F)c1. The van der Waals surface area contributed by atoms with E-state index in [1.165, 1.54) is 22.8 Å². The molecule has 0 spiro atoms. The third-order valence-electron chi connectivity index (χ3n) is 3.95. The minimum absolute atomic E-state index is 0.134. The molecule has 1 unspecified atom stereocenters. The summed E-state index contributed by atoms with van der Waals surface area (Å²) in [6.07, 6.45) is 0. The van der Waals surface area contributed by atoms with Crippen LogP contribution in [0.1, 0.15) is 28.3 Å². The molecule has 0 saturated carbocycles. The second-order valence-corrected chi connectivity index (χ2v) is 5.60. The number of likely N-dealkylation sites (N-methyl/N-ethyl adjacent to an activating group) is 1. The van der Waals surface area contributed by atoms with Crippen LogP contribution in [0, 0.1) is 19.7 Å². The Bertz CT molecular complexity index is 590. The fourth-order valence-corrected chi connectivity index (χ4v) is 2.90. The molecule has 2 N–H and O–H groups in total. The Morgan fingerprint density at radius 2 is 1.71 bits per heavy atom. The fraction of sp³-hybridized carbons (Fsp3) is 0.333. The first-order valence-electron chi connectivity index (χ1n) is 7.23. The monoisotopic (exact) mass is 286 g/mol. The quantitative estimate of drug-likeness (QED) is 0.910. The van der Waals surface area contributed by atoms with Gasteiger partial charge in [-0.1, -0.05) is 30.3 Å². The van der Waals surface area contributed by atoms with Gasteiger partial charge < -0.3 is 5.73 Å². The van der Waals surface area contributed by atoms with Crippen molar-refractivity contribution in [2.75, 3.05) is 13.6 Å². The number of benzene rings is 2. The number of hydrogen-bond acceptors (Lipinski definition) is 2. The van der Waals surface area contributed by atoms with Gasteiger partial charge in [0.15, 0.2) is 0 Å². The summed E-state index contributed by atoms with van der Waals surface area (Å²) in [6.45, 7) is 5.44. The van der Waals surface area contributed by atoms with Crippen molar-refractivity contribution >= 4 is 0 Å². The van der Waals surface area contributed by atoms with E-state index in [0.717, 1.165) is 5.56 Å². The molecule has 0 aliphatic carbocycles. The highest BCUT2D eigenvalue weighted by molar-refractivity contribution is 5.36. The van der Waals surface area contributed by atoms with Crippen molar-refractivity contribution in [3.05, 3.63) is 70.5 Å². The van der Waals surface area contributed by atoms with Gasteiger partial charge in [0, 0.05) is 19.1 Å². The molecule has 0 aliphatic rings. The van der Waals surface area contributed by atoms with Gasteiger partial charge in [0.05, 0.1) is 0 Å². The van der Waals surface area contributed by atoms with E-state index in [1.54, 1.807) is 12.1 Å². The van der Waals surface area contributed by atoms with Crippen molar-refractivity contribution in [2.24, 2.45) is 5.73 Å². The molecule has 0 fully saturated rings. The Kier molecular flexibility index (Phi) is 5.10. The number of aryl methyl sites for hydroxylation is 2. The Labute approximate surface area is 126 Å². The number of nitrogens with two attached hydrogens (primary N) is 1. The van der Waals surface area contributed by atoms with E-state index in [-0.39, 0.29) is 11.9 Å². The number of hydrogen-bond donors (Lipinski definition) is 1. The van der Waals surface area contributed by atoms with Crippen LogP contribution >= 0.6 is 0 Å². The molecule has 2 aromatic carbocycles. The molecule has 0 amide bonds. The molecule has 0 aliphatic heterocycles. The smallest absolute Gasteiger partial charge is 0.123 e. The van der Waals surface area contributed by atoms with Gasteiger partial charge in [-0.15, -0.1) is 0 Å². The minimum atomic E-state index is -0.197. The Balaban J connectivity index is 2.25. The summed E-state index contributed by atoms with van der Waals surface area (Å²) in [4.78, 5) is 2.18. The van der Waals surface area contributed by atoms with E-state index in [0.29, 0.717) is 13.1 Å². The first kappa shape index (κ1) is 15.7. The normalized spacial score (nSPS) is 12.7. The Hall–Kier alpha value is -1.71. The van der Waals surface area contributed by atoms with Gasteiger partial charge in [0.1, 0.15) is 5.82 Å². The largest absolute Gasteiger partial charge is 0.329 e. The van der Waals surface area contributed by atoms with E-state index in [1.807, 2.05) is 13.1 Å². The van der Waals surface area contributed by atoms with Crippen molar-refractivity contribution in [2.45, 2.75) is 26.4 Å². The Morgan fingerprint density at radius 1 is 1.10 bits per heavy atom. The van der Waals surface area contributed by atoms with Crippen molar-refractivity contribution in [1.29, 1.82) is 0 Å². The second kappa shape index (κ2) is 6.83. The zero-order chi connectivity index (χ0) is 15.4. The van der Waals surface area contributed by atoms with Crippen LogP contribution in [0.25, 0.3) is 0 Å². The third kappa shape index (κ3) is 3.69. The summed E-state index contributed by atoms with van der Waals surface area (Å²) in [6, 6.07) is 13.2. The highest BCUT2D eigenvalue weighted by Crippen LogP contribution is 2.26. The van der Waals surface area contributed by atoms with Crippen molar-refractivity contribution in [1.82, 2.24) is 4.90 Å². The van der Waals surface area contributed by atoms with Gasteiger partial charge in [-0.2, -0.15) is 0 Å². The van der Waals surface area contributed by atoms with Gasteiger partial charge >= 0.3 is 0 Å². The molecule has 0 radical (unpaired) electrons. The predicted octanol–water partition coefficient (Wildman–Crippen LogP) is 3.57. The first-order valence-corrected chi connectivity index (χ1v) is 7.23. The molecular weight excluding hydrogens is 263 g/mol. The maximum atomic E-state index is 13.3. The highest BCUT2D eigenvalue weighted by atomic mass is 19.1. The molecule has 0 heterocycles. The van der Waals surface area contributed by atoms with Crippen molar-refractivity contribution in [3.63, 3.8) is 0 Å². The maximum Gasteiger partial charge on any atom is 0.123 e. The van der Waals surface area contributed by atoms with Gasteiger partial charge in [-0.05, 0) is 55.3 Å². The first-order chi connectivity index (χ1) is 10.0. The standard InChI is InChI=1S/C18H23FN2/c1-13-6-4-7-14(2)18(13)17(11-20)21(3)12-15-8-5-9-16(19)10-15/h4-10,17H,11-12,20H2,1-3H3. The topological polar surface area (TPSA) is 29.3 Å². The van der Waals surface area contributed by atoms with E-state index >= 15 is 0 Å². The lowest BCUT2D eigenvalue weighted by Crippen LogP contribution is -2.31. The molecular formula is C18H23FN2. The fourth-order valence-electron chi connectivity index (χ4n) is 2.90. The lowest BCUT2D eigenvalue weighted by Gasteiger charge is -2.30. The molecule has 112 valence electrons. The molecule has 1 atom stereocenters. The Morgan fingerprint density at radius 3 is 2.29 bits per heavy atom. The second-order valence-electron chi connectivity index (χ2n) is 5.60. The zero-order valence-corrected chi connectivity index (χ0v) is 12.9. The molecule has 2 rings (SSSR count). The van der Waals surface area contributed by atoms with Crippen LogP contribution in [0.2, 0.25) is 0 Å². The number of nitrogens with zero attached hydrogens (tertiary/aromatic N) is 1. The molecule has 0 saturated heterocycles. The maximum absolute atomic E-state index is 13.3. The van der Waals surface area contributed by atoms with Crippen LogP contribution in [-0.2, 0) is 6.54 Å². The van der Waals surface area contributed by atoms with Gasteiger partial charge in [0.2, 0.25) is 0 Å². The minimum Gasteiger partial charge on any atom is -0.329 e. The summed E-state index contributed by atoms with van der Waals surface area (Å²) in [5.41, 5.74) is 10.7. The summed E-state index contributed by atoms with van der Waals surface area (Å²) < 4.78 is 13.3. The zero-order valence-electron chi connectivity index (χ0n) is 12.9. The third-order valence-corrected chi connectivity index (χ3v) is 3.95. The van der Waals surface area contributed by atoms with E-state index < -0.39 is 0 Å². The summed E-state index contributed by atoms with van der Waals surface area (Å²) in [7, 11) is 2.04. The van der Waals surface area contributed by atoms with Crippen molar-refractivity contribution < 1.29 is 4.39 Å². The molecule has 3 heteroatoms. The highest BCUT2D eigenvalue weighted by Gasteiger charge is 2.19. The molecule has 21 heavy (non-hydrogen) atoms. The average molecular weight is 286 g/mol. The van der Waals surface area contributed by atoms with Crippen LogP contribution in [-0.4, -0.2) is 18.5 Å². The summed E-state index contributed by atoms with van der Waals surface area (Å²) in [5.74, 6) is -0.197. The molecule has 0 bridgehead atoms. The van der Waals surface area contributed by atoms with Crippen molar-refractivity contribution in [3.8, 4) is 0 Å². The van der Waals surface area contributed by atoms with Gasteiger partial charge in [0.25, 0.3) is 0 Å². The van der Waals surface area contributed by atoms with Gasteiger partial charge in [-0.3, -0.25) is 4.90 Å². The van der Waals surface area contributed by atoms with Gasteiger partial charge in [-0.25, -0.2) is 4.39 Å². The average Bonchev–Trinajstić information content (AvgIpc) is 2.43. The van der Waals surface area contributed by atoms with Crippen LogP contribution in [0.15, 0.2) is 42.5 Å². The van der Waals surface area contributed by atoms with E-state index in [4.69, 9.17) is 5.73 Å². The van der Waals surface area contributed by atoms with Crippen LogP contribution in [0.4, 0.5) is 4.39 Å². The lowest BCUT2D eigenvalue weighted by molar-refractivity contribution is 0.240. The predicted molar refractivity (Wildman–Crippen MR) is 85.6 cm³/mol. The molecule has 0 aromatic heterocycles. The van der Waals surface area contributed by atoms with E-state index in [9.17, 15) is 4.39 Å². The molecule has 2 nitrogen and oxygen atoms in total. The number of halogens is 1. The van der Waals surface area contributed by atoms with Crippen LogP contribution in [0.5, 0.6) is 0 Å². The van der Waals surface area contributed by atoms with Crippen LogP contribution < -0.4 is 5.73 Å². The molecule has 2 aromatic rings. The lowest BCUT2D eigenvalue weighted by atomic mass is 9.95.